The van der Waals surface area contributed by atoms with Gasteiger partial charge in [0.05, 0.1) is 10.7 Å². The van der Waals surface area contributed by atoms with Crippen molar-refractivity contribution in [2.75, 3.05) is 16.4 Å². The van der Waals surface area contributed by atoms with Gasteiger partial charge in [-0.1, -0.05) is 17.7 Å². The normalized spacial score (nSPS) is 9.83. The van der Waals surface area contributed by atoms with E-state index in [1.807, 2.05) is 0 Å². The van der Waals surface area contributed by atoms with E-state index < -0.39 is 6.03 Å². The maximum atomic E-state index is 11.6. The van der Waals surface area contributed by atoms with Crippen molar-refractivity contribution >= 4 is 34.8 Å². The number of hydrogen-bond donors (Lipinski definition) is 3. The molecule has 4 N–H and O–H groups in total. The molecule has 0 fully saturated rings. The number of amides is 2. The van der Waals surface area contributed by atoms with Crippen LogP contribution in [-0.2, 0) is 0 Å². The van der Waals surface area contributed by atoms with Gasteiger partial charge in [-0.15, -0.1) is 0 Å². The largest absolute Gasteiger partial charge is 0.398 e. The van der Waals surface area contributed by atoms with E-state index in [1.165, 1.54) is 0 Å². The van der Waals surface area contributed by atoms with Crippen LogP contribution >= 0.6 is 11.6 Å². The molecule has 0 aliphatic rings. The highest BCUT2D eigenvalue weighted by molar-refractivity contribution is 6.33. The molecule has 0 atom stereocenters. The SMILES string of the molecule is Nc1ccc(NC(=O)Nc2ccccn2)cc1Cl. The average molecular weight is 263 g/mol. The molecule has 0 saturated heterocycles. The average Bonchev–Trinajstić information content (AvgIpc) is 2.35. The Morgan fingerprint density at radius 2 is 2.06 bits per heavy atom. The molecule has 0 unspecified atom stereocenters. The van der Waals surface area contributed by atoms with Crippen molar-refractivity contribution in [1.82, 2.24) is 4.98 Å². The summed E-state index contributed by atoms with van der Waals surface area (Å²) >= 11 is 5.85. The second-order valence-electron chi connectivity index (χ2n) is 3.53. The summed E-state index contributed by atoms with van der Waals surface area (Å²) in [5.74, 6) is 0.469. The molecule has 1 heterocycles. The van der Waals surface area contributed by atoms with Gasteiger partial charge in [0.1, 0.15) is 5.82 Å². The molecule has 0 aliphatic heterocycles. The van der Waals surface area contributed by atoms with Crippen LogP contribution in [-0.4, -0.2) is 11.0 Å². The predicted molar refractivity (Wildman–Crippen MR) is 72.7 cm³/mol. The second-order valence-corrected chi connectivity index (χ2v) is 3.94. The Morgan fingerprint density at radius 1 is 1.22 bits per heavy atom. The highest BCUT2D eigenvalue weighted by Crippen LogP contribution is 2.22. The van der Waals surface area contributed by atoms with Crippen LogP contribution in [0.15, 0.2) is 42.6 Å². The molecule has 2 rings (SSSR count). The molecule has 5 nitrogen and oxygen atoms in total. The third-order valence-electron chi connectivity index (χ3n) is 2.16. The summed E-state index contributed by atoms with van der Waals surface area (Å²) in [5, 5.41) is 5.61. The van der Waals surface area contributed by atoms with E-state index in [1.54, 1.807) is 42.6 Å². The molecule has 0 saturated carbocycles. The summed E-state index contributed by atoms with van der Waals surface area (Å²) in [4.78, 5) is 15.6. The zero-order chi connectivity index (χ0) is 13.0. The maximum absolute atomic E-state index is 11.6. The third kappa shape index (κ3) is 3.11. The Balaban J connectivity index is 2.01. The number of nitrogens with two attached hydrogens (primary N) is 1. The summed E-state index contributed by atoms with van der Waals surface area (Å²) in [6.45, 7) is 0. The Morgan fingerprint density at radius 3 is 2.72 bits per heavy atom. The van der Waals surface area contributed by atoms with Gasteiger partial charge in [0.15, 0.2) is 0 Å². The van der Waals surface area contributed by atoms with Crippen molar-refractivity contribution in [3.05, 3.63) is 47.6 Å². The standard InChI is InChI=1S/C12H11ClN4O/c13-9-7-8(4-5-10(9)14)16-12(18)17-11-3-1-2-6-15-11/h1-7H,14H2,(H2,15,16,17,18). The Bertz CT molecular complexity index is 559. The lowest BCUT2D eigenvalue weighted by molar-refractivity contribution is 0.262. The van der Waals surface area contributed by atoms with Crippen molar-refractivity contribution < 1.29 is 4.79 Å². The van der Waals surface area contributed by atoms with Crippen LogP contribution < -0.4 is 16.4 Å². The first kappa shape index (κ1) is 12.2. The van der Waals surface area contributed by atoms with Gasteiger partial charge in [0, 0.05) is 11.9 Å². The van der Waals surface area contributed by atoms with Gasteiger partial charge in [0.2, 0.25) is 0 Å². The number of carbonyl (C=O) groups excluding carboxylic acids is 1. The van der Waals surface area contributed by atoms with E-state index in [4.69, 9.17) is 17.3 Å². The van der Waals surface area contributed by atoms with Gasteiger partial charge in [-0.3, -0.25) is 5.32 Å². The van der Waals surface area contributed by atoms with Gasteiger partial charge >= 0.3 is 6.03 Å². The predicted octanol–water partition coefficient (Wildman–Crippen LogP) is 2.96. The monoisotopic (exact) mass is 262 g/mol. The van der Waals surface area contributed by atoms with E-state index in [2.05, 4.69) is 15.6 Å². The Hall–Kier alpha value is -2.27. The number of carbonyl (C=O) groups is 1. The van der Waals surface area contributed by atoms with Crippen molar-refractivity contribution in [2.45, 2.75) is 0 Å². The molecule has 1 aromatic carbocycles. The molecule has 0 spiro atoms. The molecular weight excluding hydrogens is 252 g/mol. The molecule has 18 heavy (non-hydrogen) atoms. The lowest BCUT2D eigenvalue weighted by Crippen LogP contribution is -2.19. The molecule has 6 heteroatoms. The molecule has 0 bridgehead atoms. The van der Waals surface area contributed by atoms with Gasteiger partial charge in [-0.25, -0.2) is 9.78 Å². The van der Waals surface area contributed by atoms with Crippen molar-refractivity contribution in [3.63, 3.8) is 0 Å². The number of aromatic nitrogens is 1. The molecule has 1 aromatic heterocycles. The topological polar surface area (TPSA) is 80.0 Å². The Kier molecular flexibility index (Phi) is 3.64. The Labute approximate surface area is 109 Å². The number of anilines is 3. The van der Waals surface area contributed by atoms with Crippen LogP contribution in [0.4, 0.5) is 22.0 Å². The van der Waals surface area contributed by atoms with Crippen LogP contribution in [0, 0.1) is 0 Å². The number of nitrogen functional groups attached to an aromatic ring is 1. The fourth-order valence-electron chi connectivity index (χ4n) is 1.32. The van der Waals surface area contributed by atoms with Crippen molar-refractivity contribution in [3.8, 4) is 0 Å². The zero-order valence-corrected chi connectivity index (χ0v) is 10.1. The number of hydrogen-bond acceptors (Lipinski definition) is 3. The third-order valence-corrected chi connectivity index (χ3v) is 2.49. The lowest BCUT2D eigenvalue weighted by atomic mass is 10.3. The zero-order valence-electron chi connectivity index (χ0n) is 9.35. The minimum Gasteiger partial charge on any atom is -0.398 e. The number of rotatable bonds is 2. The van der Waals surface area contributed by atoms with Gasteiger partial charge < -0.3 is 11.1 Å². The summed E-state index contributed by atoms with van der Waals surface area (Å²) < 4.78 is 0. The number of nitrogens with one attached hydrogen (secondary N) is 2. The minimum absolute atomic E-state index is 0.394. The van der Waals surface area contributed by atoms with Gasteiger partial charge in [-0.05, 0) is 30.3 Å². The van der Waals surface area contributed by atoms with Gasteiger partial charge in [-0.2, -0.15) is 0 Å². The summed E-state index contributed by atoms with van der Waals surface area (Å²) in [6, 6.07) is 9.71. The lowest BCUT2D eigenvalue weighted by Gasteiger charge is -2.07. The fourth-order valence-corrected chi connectivity index (χ4v) is 1.50. The maximum Gasteiger partial charge on any atom is 0.324 e. The first-order valence-corrected chi connectivity index (χ1v) is 5.57. The number of pyridine rings is 1. The van der Waals surface area contributed by atoms with E-state index in [9.17, 15) is 4.79 Å². The smallest absolute Gasteiger partial charge is 0.324 e. The first-order chi connectivity index (χ1) is 8.65. The number of halogens is 1. The fraction of sp³-hybridized carbons (Fsp3) is 0. The minimum atomic E-state index is -0.394. The van der Waals surface area contributed by atoms with Crippen LogP contribution in [0.25, 0.3) is 0 Å². The first-order valence-electron chi connectivity index (χ1n) is 5.19. The van der Waals surface area contributed by atoms with E-state index in [0.29, 0.717) is 22.2 Å². The number of urea groups is 1. The highest BCUT2D eigenvalue weighted by Gasteiger charge is 2.04. The molecular formula is C12H11ClN4O. The van der Waals surface area contributed by atoms with E-state index in [0.717, 1.165) is 0 Å². The molecule has 0 aliphatic carbocycles. The highest BCUT2D eigenvalue weighted by atomic mass is 35.5. The summed E-state index contributed by atoms with van der Waals surface area (Å²) in [7, 11) is 0. The van der Waals surface area contributed by atoms with Crippen LogP contribution in [0.3, 0.4) is 0 Å². The van der Waals surface area contributed by atoms with Crippen LogP contribution in [0.1, 0.15) is 0 Å². The number of nitrogens with zero attached hydrogens (tertiary/aromatic N) is 1. The molecule has 0 radical (unpaired) electrons. The molecule has 2 amide bonds. The quantitative estimate of drug-likeness (QED) is 0.728. The second kappa shape index (κ2) is 5.37. The molecule has 92 valence electrons. The van der Waals surface area contributed by atoms with Crippen molar-refractivity contribution in [1.29, 1.82) is 0 Å². The van der Waals surface area contributed by atoms with Crippen molar-refractivity contribution in [2.24, 2.45) is 0 Å². The summed E-state index contributed by atoms with van der Waals surface area (Å²) in [5.41, 5.74) is 6.60. The molecule has 2 aromatic rings. The van der Waals surface area contributed by atoms with Crippen LogP contribution in [0.2, 0.25) is 5.02 Å². The number of benzene rings is 1. The van der Waals surface area contributed by atoms with E-state index in [-0.39, 0.29) is 0 Å². The van der Waals surface area contributed by atoms with Gasteiger partial charge in [0.25, 0.3) is 0 Å². The summed E-state index contributed by atoms with van der Waals surface area (Å²) in [6.07, 6.45) is 1.59. The van der Waals surface area contributed by atoms with E-state index >= 15 is 0 Å². The van der Waals surface area contributed by atoms with Crippen LogP contribution in [0.5, 0.6) is 0 Å².